The fourth-order valence-corrected chi connectivity index (χ4v) is 5.18. The lowest BCUT2D eigenvalue weighted by atomic mass is 9.91. The highest BCUT2D eigenvalue weighted by Gasteiger charge is 2.34. The quantitative estimate of drug-likeness (QED) is 0.308. The van der Waals surface area contributed by atoms with E-state index in [9.17, 15) is 20.0 Å². The molecule has 216 valence electrons. The van der Waals surface area contributed by atoms with Gasteiger partial charge in [-0.2, -0.15) is 5.26 Å². The van der Waals surface area contributed by atoms with Crippen molar-refractivity contribution in [3.63, 3.8) is 0 Å². The van der Waals surface area contributed by atoms with E-state index in [-0.39, 0.29) is 28.4 Å². The zero-order valence-corrected chi connectivity index (χ0v) is 23.9. The Balaban J connectivity index is 1.74. The predicted octanol–water partition coefficient (Wildman–Crippen LogP) is 5.54. The number of rotatable bonds is 6. The van der Waals surface area contributed by atoms with Crippen molar-refractivity contribution in [2.24, 2.45) is 0 Å². The van der Waals surface area contributed by atoms with E-state index in [2.05, 4.69) is 15.4 Å². The predicted molar refractivity (Wildman–Crippen MR) is 152 cm³/mol. The monoisotopic (exact) mass is 571 g/mol. The molecule has 1 amide bonds. The molecule has 0 fully saturated rings. The van der Waals surface area contributed by atoms with E-state index >= 15 is 4.39 Å². The Bertz CT molecular complexity index is 1780. The van der Waals surface area contributed by atoms with Gasteiger partial charge in [-0.3, -0.25) is 4.79 Å². The highest BCUT2D eigenvalue weighted by atomic mass is 19.1. The van der Waals surface area contributed by atoms with Crippen LogP contribution in [0.4, 0.5) is 10.2 Å². The highest BCUT2D eigenvalue weighted by molar-refractivity contribution is 6.04. The number of nitrogens with zero attached hydrogens (tertiary/aromatic N) is 4. The Morgan fingerprint density at radius 1 is 1.24 bits per heavy atom. The molecule has 0 unspecified atom stereocenters. The Hall–Kier alpha value is -4.82. The third kappa shape index (κ3) is 5.41. The van der Waals surface area contributed by atoms with Gasteiger partial charge in [0.1, 0.15) is 0 Å². The first-order valence-corrected chi connectivity index (χ1v) is 13.5. The fraction of sp³-hybridized carbons (Fsp3) is 0.323. The molecular weight excluding hydrogens is 541 g/mol. The number of aromatic nitrogens is 3. The van der Waals surface area contributed by atoms with Crippen molar-refractivity contribution in [2.45, 2.75) is 59.2 Å². The normalized spacial score (nSPS) is 13.6. The van der Waals surface area contributed by atoms with Crippen LogP contribution >= 0.6 is 0 Å². The fourth-order valence-electron chi connectivity index (χ4n) is 5.18. The summed E-state index contributed by atoms with van der Waals surface area (Å²) >= 11 is 0. The summed E-state index contributed by atoms with van der Waals surface area (Å²) in [4.78, 5) is 30.3. The molecule has 0 bridgehead atoms. The lowest BCUT2D eigenvalue weighted by Gasteiger charge is -2.28. The second-order valence-corrected chi connectivity index (χ2v) is 11.1. The molecule has 0 spiro atoms. The van der Waals surface area contributed by atoms with Crippen LogP contribution in [0.1, 0.15) is 71.6 Å². The van der Waals surface area contributed by atoms with E-state index in [1.54, 1.807) is 52.0 Å². The van der Waals surface area contributed by atoms with Crippen molar-refractivity contribution < 1.29 is 28.6 Å². The molecule has 11 heteroatoms. The Morgan fingerprint density at radius 3 is 2.69 bits per heavy atom. The number of halogens is 1. The van der Waals surface area contributed by atoms with Crippen LogP contribution in [0.15, 0.2) is 36.4 Å². The first-order chi connectivity index (χ1) is 19.9. The third-order valence-corrected chi connectivity index (χ3v) is 6.97. The smallest absolute Gasteiger partial charge is 0.337 e. The number of nitrogens with one attached hydrogen (secondary N) is 1. The van der Waals surface area contributed by atoms with Gasteiger partial charge < -0.3 is 19.9 Å². The SMILES string of the molecule is Cc1nc2cc(NC(=O)c3cccc(C#N)c3)nn2c(-c2cc(F)c3c(c2C)CCCO3)c1[C@H](OC(C)(C)C)C(=O)O. The minimum atomic E-state index is -1.46. The summed E-state index contributed by atoms with van der Waals surface area (Å²) in [5.41, 5.74) is 2.73. The van der Waals surface area contributed by atoms with Gasteiger partial charge in [0.05, 0.1) is 29.5 Å². The number of hydrogen-bond acceptors (Lipinski definition) is 7. The number of carbonyl (C=O) groups is 2. The summed E-state index contributed by atoms with van der Waals surface area (Å²) in [6, 6.07) is 11.1. The maximum atomic E-state index is 15.5. The molecule has 0 saturated heterocycles. The zero-order chi connectivity index (χ0) is 30.3. The average Bonchev–Trinajstić information content (AvgIpc) is 3.34. The van der Waals surface area contributed by atoms with E-state index in [1.165, 1.54) is 16.6 Å². The summed E-state index contributed by atoms with van der Waals surface area (Å²) in [6.07, 6.45) is -0.149. The Labute approximate surface area is 241 Å². The molecule has 2 aromatic carbocycles. The number of fused-ring (bicyclic) bond motifs is 2. The molecule has 10 nitrogen and oxygen atoms in total. The number of carboxylic acid groups (broad SMARTS) is 1. The number of anilines is 1. The molecule has 4 aromatic rings. The first kappa shape index (κ1) is 28.7. The molecule has 2 N–H and O–H groups in total. The third-order valence-electron chi connectivity index (χ3n) is 6.97. The number of ether oxygens (including phenoxy) is 2. The molecule has 1 aliphatic rings. The van der Waals surface area contributed by atoms with Crippen LogP contribution in [-0.4, -0.2) is 43.8 Å². The number of hydrogen-bond donors (Lipinski definition) is 2. The van der Waals surface area contributed by atoms with Gasteiger partial charge in [-0.05, 0) is 77.3 Å². The molecule has 42 heavy (non-hydrogen) atoms. The minimum Gasteiger partial charge on any atom is -0.490 e. The zero-order valence-electron chi connectivity index (χ0n) is 23.9. The molecule has 1 atom stereocenters. The van der Waals surface area contributed by atoms with Crippen molar-refractivity contribution in [3.8, 4) is 23.1 Å². The van der Waals surface area contributed by atoms with Gasteiger partial charge in [0, 0.05) is 34.0 Å². The van der Waals surface area contributed by atoms with Crippen LogP contribution in [0.3, 0.4) is 0 Å². The molecule has 0 aliphatic carbocycles. The van der Waals surface area contributed by atoms with Gasteiger partial charge in [-0.15, -0.1) is 5.10 Å². The summed E-state index contributed by atoms with van der Waals surface area (Å²) in [6.45, 7) is 9.14. The first-order valence-electron chi connectivity index (χ1n) is 13.5. The van der Waals surface area contributed by atoms with Crippen molar-refractivity contribution >= 4 is 23.3 Å². The molecule has 5 rings (SSSR count). The maximum Gasteiger partial charge on any atom is 0.337 e. The number of carboxylic acids is 1. The summed E-state index contributed by atoms with van der Waals surface area (Å²) in [5, 5.41) is 26.8. The molecular formula is C31H30FN5O5. The summed E-state index contributed by atoms with van der Waals surface area (Å²) < 4.78 is 28.5. The largest absolute Gasteiger partial charge is 0.490 e. The molecule has 3 heterocycles. The van der Waals surface area contributed by atoms with Crippen molar-refractivity contribution in [1.82, 2.24) is 14.6 Å². The van der Waals surface area contributed by atoms with Crippen LogP contribution in [0, 0.1) is 31.0 Å². The van der Waals surface area contributed by atoms with Crippen molar-refractivity contribution in [2.75, 3.05) is 11.9 Å². The number of benzene rings is 2. The molecule has 0 radical (unpaired) electrons. The Kier molecular flexibility index (Phi) is 7.43. The topological polar surface area (TPSA) is 139 Å². The summed E-state index contributed by atoms with van der Waals surface area (Å²) in [7, 11) is 0. The van der Waals surface area contributed by atoms with Gasteiger partial charge in [-0.25, -0.2) is 18.7 Å². The lowest BCUT2D eigenvalue weighted by Crippen LogP contribution is -2.29. The van der Waals surface area contributed by atoms with Crippen molar-refractivity contribution in [1.29, 1.82) is 5.26 Å². The summed E-state index contributed by atoms with van der Waals surface area (Å²) in [5.74, 6) is -1.98. The van der Waals surface area contributed by atoms with Crippen LogP contribution < -0.4 is 10.1 Å². The van der Waals surface area contributed by atoms with Gasteiger partial charge >= 0.3 is 5.97 Å². The molecule has 1 aliphatic heterocycles. The number of aryl methyl sites for hydroxylation is 1. The second kappa shape index (κ2) is 10.9. The van der Waals surface area contributed by atoms with E-state index in [4.69, 9.17) is 9.47 Å². The second-order valence-electron chi connectivity index (χ2n) is 11.1. The number of carbonyl (C=O) groups excluding carboxylic acids is 1. The van der Waals surface area contributed by atoms with E-state index < -0.39 is 29.4 Å². The average molecular weight is 572 g/mol. The minimum absolute atomic E-state index is 0.135. The maximum absolute atomic E-state index is 15.5. The Morgan fingerprint density at radius 2 is 2.00 bits per heavy atom. The van der Waals surface area contributed by atoms with Crippen LogP contribution in [0.25, 0.3) is 16.9 Å². The van der Waals surface area contributed by atoms with Gasteiger partial charge in [-0.1, -0.05) is 6.07 Å². The van der Waals surface area contributed by atoms with Gasteiger partial charge in [0.25, 0.3) is 5.91 Å². The van der Waals surface area contributed by atoms with Gasteiger partial charge in [0.2, 0.25) is 0 Å². The standard InChI is InChI=1S/C31H30FN5O5/c1-16-20-10-7-11-41-27(20)22(32)13-21(16)26-25(28(30(39)40)42-31(3,4)5)17(2)34-24-14-23(36-37(24)26)35-29(38)19-9-6-8-18(12-19)15-33/h6,8-9,12-14,28H,7,10-11H2,1-5H3,(H,39,40)(H,35,36,38)/t28-/m0/s1. The number of aliphatic carboxylic acids is 1. The number of amides is 1. The molecule has 2 aromatic heterocycles. The van der Waals surface area contributed by atoms with E-state index in [0.29, 0.717) is 53.0 Å². The van der Waals surface area contributed by atoms with Crippen LogP contribution in [0.5, 0.6) is 5.75 Å². The lowest BCUT2D eigenvalue weighted by molar-refractivity contribution is -0.160. The highest BCUT2D eigenvalue weighted by Crippen LogP contribution is 2.41. The van der Waals surface area contributed by atoms with E-state index in [0.717, 1.165) is 0 Å². The van der Waals surface area contributed by atoms with Gasteiger partial charge in [0.15, 0.2) is 29.1 Å². The number of nitriles is 1. The van der Waals surface area contributed by atoms with Crippen LogP contribution in [0.2, 0.25) is 0 Å². The molecule has 0 saturated carbocycles. The van der Waals surface area contributed by atoms with E-state index in [1.807, 2.05) is 13.0 Å². The van der Waals surface area contributed by atoms with Crippen molar-refractivity contribution in [3.05, 3.63) is 75.7 Å². The van der Waals surface area contributed by atoms with Crippen LogP contribution in [-0.2, 0) is 16.0 Å².